The number of nitrogens with zero attached hydrogens (tertiary/aromatic N) is 2. The third-order valence-electron chi connectivity index (χ3n) is 4.43. The summed E-state index contributed by atoms with van der Waals surface area (Å²) in [5, 5.41) is 0.590. The molecule has 0 saturated carbocycles. The molecule has 4 aromatic rings. The Morgan fingerprint density at radius 3 is 2.36 bits per heavy atom. The van der Waals surface area contributed by atoms with Crippen molar-refractivity contribution in [1.29, 1.82) is 0 Å². The number of hydrogen-bond donors (Lipinski definition) is 0. The first kappa shape index (κ1) is 18.2. The van der Waals surface area contributed by atoms with Gasteiger partial charge in [-0.05, 0) is 60.2 Å². The van der Waals surface area contributed by atoms with Crippen molar-refractivity contribution in [3.8, 4) is 11.4 Å². The maximum atomic E-state index is 13.2. The second-order valence-electron chi connectivity index (χ2n) is 6.21. The van der Waals surface area contributed by atoms with Crippen LogP contribution in [0.3, 0.4) is 0 Å². The average molecular weight is 433 g/mol. The van der Waals surface area contributed by atoms with Gasteiger partial charge in [0, 0.05) is 4.47 Å². The molecule has 1 heterocycles. The fraction of sp³-hybridized carbons (Fsp3) is 0.0435. The van der Waals surface area contributed by atoms with Crippen LogP contribution < -0.4 is 10.3 Å². The molecular formula is C23H17BrN2O2. The molecule has 5 heteroatoms. The Hall–Kier alpha value is -3.18. The molecule has 0 aliphatic rings. The first-order valence-electron chi connectivity index (χ1n) is 8.75. The molecule has 0 unspecified atom stereocenters. The standard InChI is InChI=1S/C23H17BrN2O2/c1-28-19-13-6-16(7-14-19)8-15-22-25-21-5-3-2-4-20(21)23(27)26(22)18-11-9-17(24)10-12-18/h2-15H,1H3. The smallest absolute Gasteiger partial charge is 0.266 e. The SMILES string of the molecule is COc1ccc(C=Cc2nc3ccccc3c(=O)n2-c2ccc(Br)cc2)cc1. The van der Waals surface area contributed by atoms with Crippen LogP contribution in [0.2, 0.25) is 0 Å². The second kappa shape index (κ2) is 7.82. The molecule has 0 aliphatic heterocycles. The normalized spacial score (nSPS) is 11.2. The van der Waals surface area contributed by atoms with Crippen LogP contribution in [0.4, 0.5) is 0 Å². The Morgan fingerprint density at radius 1 is 0.929 bits per heavy atom. The number of para-hydroxylation sites is 1. The Labute approximate surface area is 170 Å². The van der Waals surface area contributed by atoms with Gasteiger partial charge >= 0.3 is 0 Å². The summed E-state index contributed by atoms with van der Waals surface area (Å²) >= 11 is 3.44. The molecule has 0 radical (unpaired) electrons. The molecule has 0 fully saturated rings. The highest BCUT2D eigenvalue weighted by atomic mass is 79.9. The van der Waals surface area contributed by atoms with E-state index in [2.05, 4.69) is 15.9 Å². The van der Waals surface area contributed by atoms with Crippen molar-refractivity contribution in [3.63, 3.8) is 0 Å². The topological polar surface area (TPSA) is 44.1 Å². The first-order chi connectivity index (χ1) is 13.7. The van der Waals surface area contributed by atoms with Gasteiger partial charge in [-0.3, -0.25) is 9.36 Å². The predicted octanol–water partition coefficient (Wildman–Crippen LogP) is 5.33. The number of hydrogen-bond acceptors (Lipinski definition) is 3. The highest BCUT2D eigenvalue weighted by Gasteiger charge is 2.10. The lowest BCUT2D eigenvalue weighted by molar-refractivity contribution is 0.415. The minimum Gasteiger partial charge on any atom is -0.497 e. The van der Waals surface area contributed by atoms with E-state index in [9.17, 15) is 4.79 Å². The molecule has 4 rings (SSSR count). The van der Waals surface area contributed by atoms with Crippen LogP contribution in [0.25, 0.3) is 28.7 Å². The van der Waals surface area contributed by atoms with Crippen LogP contribution >= 0.6 is 15.9 Å². The third-order valence-corrected chi connectivity index (χ3v) is 4.96. The van der Waals surface area contributed by atoms with Crippen molar-refractivity contribution in [2.75, 3.05) is 7.11 Å². The Balaban J connectivity index is 1.87. The Morgan fingerprint density at radius 2 is 1.64 bits per heavy atom. The van der Waals surface area contributed by atoms with Gasteiger partial charge in [-0.25, -0.2) is 4.98 Å². The van der Waals surface area contributed by atoms with E-state index in [-0.39, 0.29) is 5.56 Å². The molecule has 28 heavy (non-hydrogen) atoms. The molecule has 0 saturated heterocycles. The van der Waals surface area contributed by atoms with Gasteiger partial charge < -0.3 is 4.74 Å². The molecule has 138 valence electrons. The van der Waals surface area contributed by atoms with Crippen LogP contribution in [0.5, 0.6) is 5.75 Å². The van der Waals surface area contributed by atoms with Gasteiger partial charge in [-0.15, -0.1) is 0 Å². The number of benzene rings is 3. The van der Waals surface area contributed by atoms with E-state index in [0.29, 0.717) is 16.7 Å². The molecule has 0 aliphatic carbocycles. The summed E-state index contributed by atoms with van der Waals surface area (Å²) in [6.07, 6.45) is 3.79. The molecule has 0 amide bonds. The zero-order valence-electron chi connectivity index (χ0n) is 15.2. The van der Waals surface area contributed by atoms with Crippen LogP contribution in [-0.2, 0) is 0 Å². The van der Waals surface area contributed by atoms with E-state index in [1.807, 2.05) is 78.9 Å². The van der Waals surface area contributed by atoms with Gasteiger partial charge in [0.15, 0.2) is 0 Å². The number of rotatable bonds is 4. The van der Waals surface area contributed by atoms with Crippen LogP contribution in [-0.4, -0.2) is 16.7 Å². The highest BCUT2D eigenvalue weighted by molar-refractivity contribution is 9.10. The number of halogens is 1. The van der Waals surface area contributed by atoms with Gasteiger partial charge in [0.05, 0.1) is 23.7 Å². The van der Waals surface area contributed by atoms with Crippen molar-refractivity contribution >= 4 is 39.0 Å². The lowest BCUT2D eigenvalue weighted by Crippen LogP contribution is -2.22. The molecule has 0 N–H and O–H groups in total. The van der Waals surface area contributed by atoms with E-state index in [1.54, 1.807) is 17.7 Å². The summed E-state index contributed by atoms with van der Waals surface area (Å²) in [5.41, 5.74) is 2.34. The van der Waals surface area contributed by atoms with Gasteiger partial charge in [0.25, 0.3) is 5.56 Å². The monoisotopic (exact) mass is 432 g/mol. The number of fused-ring (bicyclic) bond motifs is 1. The van der Waals surface area contributed by atoms with Gasteiger partial charge in [-0.2, -0.15) is 0 Å². The quantitative estimate of drug-likeness (QED) is 0.437. The number of aromatic nitrogens is 2. The van der Waals surface area contributed by atoms with Crippen LogP contribution in [0.15, 0.2) is 82.1 Å². The van der Waals surface area contributed by atoms with E-state index in [4.69, 9.17) is 9.72 Å². The zero-order chi connectivity index (χ0) is 19.5. The summed E-state index contributed by atoms with van der Waals surface area (Å²) < 4.78 is 7.78. The summed E-state index contributed by atoms with van der Waals surface area (Å²) in [6.45, 7) is 0. The minimum atomic E-state index is -0.0951. The maximum Gasteiger partial charge on any atom is 0.266 e. The molecule has 3 aromatic carbocycles. The van der Waals surface area contributed by atoms with E-state index < -0.39 is 0 Å². The molecular weight excluding hydrogens is 416 g/mol. The van der Waals surface area contributed by atoms with Crippen molar-refractivity contribution < 1.29 is 4.74 Å². The largest absolute Gasteiger partial charge is 0.497 e. The summed E-state index contributed by atoms with van der Waals surface area (Å²) in [7, 11) is 1.64. The predicted molar refractivity (Wildman–Crippen MR) is 117 cm³/mol. The zero-order valence-corrected chi connectivity index (χ0v) is 16.8. The van der Waals surface area contributed by atoms with Gasteiger partial charge in [-0.1, -0.05) is 46.3 Å². The average Bonchev–Trinajstić information content (AvgIpc) is 2.74. The van der Waals surface area contributed by atoms with Gasteiger partial charge in [0.2, 0.25) is 0 Å². The lowest BCUT2D eigenvalue weighted by Gasteiger charge is -2.11. The van der Waals surface area contributed by atoms with E-state index >= 15 is 0 Å². The van der Waals surface area contributed by atoms with E-state index in [0.717, 1.165) is 21.5 Å². The van der Waals surface area contributed by atoms with Crippen molar-refractivity contribution in [2.24, 2.45) is 0 Å². The molecule has 0 bridgehead atoms. The lowest BCUT2D eigenvalue weighted by atomic mass is 10.2. The second-order valence-corrected chi connectivity index (χ2v) is 7.13. The Bertz CT molecular complexity index is 1210. The Kier molecular flexibility index (Phi) is 5.08. The molecule has 1 aromatic heterocycles. The van der Waals surface area contributed by atoms with Crippen molar-refractivity contribution in [2.45, 2.75) is 0 Å². The fourth-order valence-corrected chi connectivity index (χ4v) is 3.25. The van der Waals surface area contributed by atoms with Crippen molar-refractivity contribution in [3.05, 3.63) is 99.0 Å². The summed E-state index contributed by atoms with van der Waals surface area (Å²) in [6, 6.07) is 22.7. The van der Waals surface area contributed by atoms with E-state index in [1.165, 1.54) is 0 Å². The molecule has 0 atom stereocenters. The van der Waals surface area contributed by atoms with Crippen LogP contribution in [0, 0.1) is 0 Å². The fourth-order valence-electron chi connectivity index (χ4n) is 2.99. The van der Waals surface area contributed by atoms with Crippen molar-refractivity contribution in [1.82, 2.24) is 9.55 Å². The molecule has 4 nitrogen and oxygen atoms in total. The van der Waals surface area contributed by atoms with Gasteiger partial charge in [0.1, 0.15) is 11.6 Å². The summed E-state index contributed by atoms with van der Waals surface area (Å²) in [4.78, 5) is 17.9. The maximum absolute atomic E-state index is 13.2. The minimum absolute atomic E-state index is 0.0951. The number of ether oxygens (including phenoxy) is 1. The third kappa shape index (κ3) is 3.62. The first-order valence-corrected chi connectivity index (χ1v) is 9.55. The van der Waals surface area contributed by atoms with Crippen LogP contribution in [0.1, 0.15) is 11.4 Å². The number of methoxy groups -OCH3 is 1. The summed E-state index contributed by atoms with van der Waals surface area (Å²) in [5.74, 6) is 1.37. The highest BCUT2D eigenvalue weighted by Crippen LogP contribution is 2.18. The molecule has 0 spiro atoms.